The Morgan fingerprint density at radius 2 is 2.10 bits per heavy atom. The van der Waals surface area contributed by atoms with Gasteiger partial charge >= 0.3 is 0 Å². The predicted molar refractivity (Wildman–Crippen MR) is 79.3 cm³/mol. The number of benzene rings is 1. The molecule has 0 saturated carbocycles. The van der Waals surface area contributed by atoms with E-state index in [0.717, 1.165) is 19.5 Å². The van der Waals surface area contributed by atoms with Crippen LogP contribution in [0.15, 0.2) is 24.3 Å². The first kappa shape index (κ1) is 13.6. The zero-order valence-electron chi connectivity index (χ0n) is 12.3. The molecule has 1 N–H and O–H groups in total. The van der Waals surface area contributed by atoms with Crippen molar-refractivity contribution in [3.63, 3.8) is 0 Å². The molecule has 2 unspecified atom stereocenters. The van der Waals surface area contributed by atoms with E-state index in [4.69, 9.17) is 0 Å². The molecule has 1 amide bonds. The summed E-state index contributed by atoms with van der Waals surface area (Å²) in [4.78, 5) is 16.7. The van der Waals surface area contributed by atoms with Crippen molar-refractivity contribution in [3.8, 4) is 0 Å². The van der Waals surface area contributed by atoms with Crippen molar-refractivity contribution >= 4 is 5.91 Å². The summed E-state index contributed by atoms with van der Waals surface area (Å²) < 4.78 is 0. The van der Waals surface area contributed by atoms with Gasteiger partial charge in [-0.05, 0) is 44.5 Å². The molecule has 2 saturated heterocycles. The van der Waals surface area contributed by atoms with E-state index in [-0.39, 0.29) is 12.1 Å². The SMILES string of the molecule is Cc1ccccc1C1NCC(=O)N1C1CCCN(C)C1. The maximum Gasteiger partial charge on any atom is 0.238 e. The summed E-state index contributed by atoms with van der Waals surface area (Å²) in [5.74, 6) is 0.235. The summed E-state index contributed by atoms with van der Waals surface area (Å²) in [7, 11) is 2.14. The van der Waals surface area contributed by atoms with Crippen molar-refractivity contribution in [2.24, 2.45) is 0 Å². The van der Waals surface area contributed by atoms with Gasteiger partial charge in [0, 0.05) is 12.6 Å². The van der Waals surface area contributed by atoms with Crippen LogP contribution in [-0.4, -0.2) is 48.4 Å². The third kappa shape index (κ3) is 2.45. The molecule has 0 radical (unpaired) electrons. The van der Waals surface area contributed by atoms with Crippen LogP contribution in [0.1, 0.15) is 30.1 Å². The molecule has 2 aliphatic heterocycles. The minimum Gasteiger partial charge on any atom is -0.318 e. The molecular weight excluding hydrogens is 250 g/mol. The molecule has 3 rings (SSSR count). The highest BCUT2D eigenvalue weighted by atomic mass is 16.2. The molecule has 1 aromatic carbocycles. The fourth-order valence-corrected chi connectivity index (χ4v) is 3.45. The van der Waals surface area contributed by atoms with Crippen molar-refractivity contribution in [1.82, 2.24) is 15.1 Å². The Labute approximate surface area is 120 Å². The minimum absolute atomic E-state index is 0.0419. The van der Waals surface area contributed by atoms with Gasteiger partial charge in [-0.1, -0.05) is 24.3 Å². The molecule has 2 atom stereocenters. The minimum atomic E-state index is 0.0419. The number of carbonyl (C=O) groups is 1. The first-order valence-electron chi connectivity index (χ1n) is 7.45. The molecule has 2 fully saturated rings. The van der Waals surface area contributed by atoms with Gasteiger partial charge < -0.3 is 9.80 Å². The van der Waals surface area contributed by atoms with Gasteiger partial charge in [-0.15, -0.1) is 0 Å². The summed E-state index contributed by atoms with van der Waals surface area (Å²) >= 11 is 0. The summed E-state index contributed by atoms with van der Waals surface area (Å²) in [6.45, 7) is 4.70. The molecule has 20 heavy (non-hydrogen) atoms. The fraction of sp³-hybridized carbons (Fsp3) is 0.562. The van der Waals surface area contributed by atoms with E-state index in [1.807, 2.05) is 6.07 Å². The summed E-state index contributed by atoms with van der Waals surface area (Å²) in [5, 5.41) is 3.38. The summed E-state index contributed by atoms with van der Waals surface area (Å²) in [6.07, 6.45) is 2.33. The highest BCUT2D eigenvalue weighted by Gasteiger charge is 2.38. The van der Waals surface area contributed by atoms with Crippen LogP contribution in [0.25, 0.3) is 0 Å². The topological polar surface area (TPSA) is 35.6 Å². The number of hydrogen-bond donors (Lipinski definition) is 1. The lowest BCUT2D eigenvalue weighted by molar-refractivity contribution is -0.131. The van der Waals surface area contributed by atoms with E-state index in [1.54, 1.807) is 0 Å². The Hall–Kier alpha value is -1.39. The zero-order chi connectivity index (χ0) is 14.1. The third-order valence-electron chi connectivity index (χ3n) is 4.49. The number of carbonyl (C=O) groups excluding carboxylic acids is 1. The molecule has 1 aromatic rings. The molecular formula is C16H23N3O. The van der Waals surface area contributed by atoms with Crippen LogP contribution in [0, 0.1) is 6.92 Å². The van der Waals surface area contributed by atoms with E-state index in [2.05, 4.69) is 47.3 Å². The smallest absolute Gasteiger partial charge is 0.238 e. The average Bonchev–Trinajstić information content (AvgIpc) is 2.81. The molecule has 2 heterocycles. The highest BCUT2D eigenvalue weighted by molar-refractivity contribution is 5.81. The van der Waals surface area contributed by atoms with E-state index >= 15 is 0 Å². The van der Waals surface area contributed by atoms with E-state index < -0.39 is 0 Å². The van der Waals surface area contributed by atoms with Gasteiger partial charge in [0.2, 0.25) is 5.91 Å². The van der Waals surface area contributed by atoms with E-state index in [9.17, 15) is 4.79 Å². The Morgan fingerprint density at radius 3 is 2.85 bits per heavy atom. The number of piperidine rings is 1. The van der Waals surface area contributed by atoms with Crippen molar-refractivity contribution in [2.45, 2.75) is 32.0 Å². The number of nitrogens with zero attached hydrogens (tertiary/aromatic N) is 2. The van der Waals surface area contributed by atoms with Crippen LogP contribution in [0.4, 0.5) is 0 Å². The zero-order valence-corrected chi connectivity index (χ0v) is 12.3. The van der Waals surface area contributed by atoms with Crippen LogP contribution >= 0.6 is 0 Å². The maximum absolute atomic E-state index is 12.3. The fourth-order valence-electron chi connectivity index (χ4n) is 3.45. The second kappa shape index (κ2) is 5.54. The van der Waals surface area contributed by atoms with Gasteiger partial charge in [0.25, 0.3) is 0 Å². The summed E-state index contributed by atoms with van der Waals surface area (Å²) in [6, 6.07) is 8.68. The summed E-state index contributed by atoms with van der Waals surface area (Å²) in [5.41, 5.74) is 2.47. The molecule has 4 nitrogen and oxygen atoms in total. The lowest BCUT2D eigenvalue weighted by Crippen LogP contribution is -2.48. The van der Waals surface area contributed by atoms with Crippen molar-refractivity contribution in [3.05, 3.63) is 35.4 Å². The molecule has 4 heteroatoms. The van der Waals surface area contributed by atoms with Gasteiger partial charge in [0.15, 0.2) is 0 Å². The van der Waals surface area contributed by atoms with Crippen LogP contribution in [-0.2, 0) is 4.79 Å². The van der Waals surface area contributed by atoms with Gasteiger partial charge in [0.05, 0.1) is 6.54 Å². The first-order chi connectivity index (χ1) is 9.66. The number of likely N-dealkylation sites (tertiary alicyclic amines) is 1. The second-order valence-electron chi connectivity index (χ2n) is 6.00. The number of likely N-dealkylation sites (N-methyl/N-ethyl adjacent to an activating group) is 1. The molecule has 108 valence electrons. The number of rotatable bonds is 2. The van der Waals surface area contributed by atoms with Crippen molar-refractivity contribution in [2.75, 3.05) is 26.7 Å². The average molecular weight is 273 g/mol. The maximum atomic E-state index is 12.3. The normalized spacial score (nSPS) is 28.1. The number of nitrogens with one attached hydrogen (secondary N) is 1. The molecule has 0 aliphatic carbocycles. The monoisotopic (exact) mass is 273 g/mol. The quantitative estimate of drug-likeness (QED) is 0.887. The largest absolute Gasteiger partial charge is 0.318 e. The standard InChI is InChI=1S/C16H23N3O/c1-12-6-3-4-8-14(12)16-17-10-15(20)19(16)13-7-5-9-18(2)11-13/h3-4,6,8,13,16-17H,5,7,9-11H2,1-2H3. The molecule has 0 spiro atoms. The number of aryl methyl sites for hydroxylation is 1. The number of hydrogen-bond acceptors (Lipinski definition) is 3. The van der Waals surface area contributed by atoms with Crippen molar-refractivity contribution in [1.29, 1.82) is 0 Å². The molecule has 2 aliphatic rings. The lowest BCUT2D eigenvalue weighted by Gasteiger charge is -2.39. The molecule has 0 bridgehead atoms. The first-order valence-corrected chi connectivity index (χ1v) is 7.45. The lowest BCUT2D eigenvalue weighted by atomic mass is 10.0. The number of amides is 1. The highest BCUT2D eigenvalue weighted by Crippen LogP contribution is 2.29. The van der Waals surface area contributed by atoms with Gasteiger partial charge in [-0.25, -0.2) is 0 Å². The molecule has 0 aromatic heterocycles. The van der Waals surface area contributed by atoms with Crippen LogP contribution in [0.3, 0.4) is 0 Å². The third-order valence-corrected chi connectivity index (χ3v) is 4.49. The van der Waals surface area contributed by atoms with Crippen LogP contribution in [0.5, 0.6) is 0 Å². The van der Waals surface area contributed by atoms with Gasteiger partial charge in [0.1, 0.15) is 6.17 Å². The van der Waals surface area contributed by atoms with E-state index in [1.165, 1.54) is 17.5 Å². The predicted octanol–water partition coefficient (Wildman–Crippen LogP) is 1.52. The van der Waals surface area contributed by atoms with Crippen LogP contribution < -0.4 is 5.32 Å². The van der Waals surface area contributed by atoms with Gasteiger partial charge in [-0.3, -0.25) is 10.1 Å². The Morgan fingerprint density at radius 1 is 1.30 bits per heavy atom. The van der Waals surface area contributed by atoms with E-state index in [0.29, 0.717) is 12.6 Å². The van der Waals surface area contributed by atoms with Gasteiger partial charge in [-0.2, -0.15) is 0 Å². The second-order valence-corrected chi connectivity index (χ2v) is 6.00. The Balaban J connectivity index is 1.87. The Kier molecular flexibility index (Phi) is 3.76. The van der Waals surface area contributed by atoms with Crippen molar-refractivity contribution < 1.29 is 4.79 Å². The Bertz CT molecular complexity index is 502. The van der Waals surface area contributed by atoms with Crippen LogP contribution in [0.2, 0.25) is 0 Å².